The summed E-state index contributed by atoms with van der Waals surface area (Å²) >= 11 is 0. The van der Waals surface area contributed by atoms with Crippen molar-refractivity contribution in [1.82, 2.24) is 9.13 Å². The summed E-state index contributed by atoms with van der Waals surface area (Å²) in [7, 11) is 0. The van der Waals surface area contributed by atoms with Crippen molar-refractivity contribution in [2.75, 3.05) is 0 Å². The largest absolute Gasteiger partial charge is 0.309 e. The SMILES string of the molecule is C1=CCC(c2ccccc2-n2c3ccccc3c3c(-c4cccc5c4c4ccccc4n5-c4ccccc4-c4ccccc4)cccc32)C=C1. The molecule has 236 valence electrons. The molecule has 7 aromatic carbocycles. The van der Waals surface area contributed by atoms with E-state index in [-0.39, 0.29) is 0 Å². The van der Waals surface area contributed by atoms with Crippen LogP contribution < -0.4 is 0 Å². The number of fused-ring (bicyclic) bond motifs is 6. The predicted molar refractivity (Wildman–Crippen MR) is 212 cm³/mol. The molecule has 0 amide bonds. The van der Waals surface area contributed by atoms with E-state index < -0.39 is 0 Å². The van der Waals surface area contributed by atoms with Gasteiger partial charge in [0.25, 0.3) is 0 Å². The first-order valence-electron chi connectivity index (χ1n) is 17.5. The lowest BCUT2D eigenvalue weighted by molar-refractivity contribution is 0.843. The average molecular weight is 639 g/mol. The summed E-state index contributed by atoms with van der Waals surface area (Å²) in [5, 5.41) is 5.08. The highest BCUT2D eigenvalue weighted by Crippen LogP contribution is 2.45. The Hall–Kier alpha value is -6.38. The summed E-state index contributed by atoms with van der Waals surface area (Å²) in [5.74, 6) is 0.342. The van der Waals surface area contributed by atoms with Crippen molar-refractivity contribution in [3.8, 4) is 33.6 Å². The van der Waals surface area contributed by atoms with Crippen molar-refractivity contribution in [2.24, 2.45) is 0 Å². The Morgan fingerprint density at radius 1 is 0.400 bits per heavy atom. The smallest absolute Gasteiger partial charge is 0.0547 e. The molecule has 50 heavy (non-hydrogen) atoms. The maximum atomic E-state index is 2.50. The minimum Gasteiger partial charge on any atom is -0.309 e. The van der Waals surface area contributed by atoms with Crippen molar-refractivity contribution >= 4 is 43.6 Å². The van der Waals surface area contributed by atoms with Crippen molar-refractivity contribution in [1.29, 1.82) is 0 Å². The molecular formula is C48H34N2. The summed E-state index contributed by atoms with van der Waals surface area (Å²) in [5.41, 5.74) is 13.6. The minimum absolute atomic E-state index is 0.342. The third-order valence-electron chi connectivity index (χ3n) is 10.5. The number of hydrogen-bond donors (Lipinski definition) is 0. The van der Waals surface area contributed by atoms with E-state index in [1.165, 1.54) is 82.8 Å². The van der Waals surface area contributed by atoms with E-state index in [4.69, 9.17) is 0 Å². The number of rotatable bonds is 5. The fourth-order valence-corrected chi connectivity index (χ4v) is 8.35. The van der Waals surface area contributed by atoms with E-state index in [1.54, 1.807) is 0 Å². The van der Waals surface area contributed by atoms with Gasteiger partial charge in [0.05, 0.1) is 27.8 Å². The second-order valence-electron chi connectivity index (χ2n) is 13.2. The van der Waals surface area contributed by atoms with Gasteiger partial charge in [0.1, 0.15) is 0 Å². The van der Waals surface area contributed by atoms with E-state index in [1.807, 2.05) is 0 Å². The summed E-state index contributed by atoms with van der Waals surface area (Å²) in [6.07, 6.45) is 9.97. The topological polar surface area (TPSA) is 9.86 Å². The molecule has 0 aliphatic heterocycles. The van der Waals surface area contributed by atoms with Gasteiger partial charge in [0.2, 0.25) is 0 Å². The van der Waals surface area contributed by atoms with Crippen LogP contribution in [0.3, 0.4) is 0 Å². The Morgan fingerprint density at radius 3 is 1.58 bits per heavy atom. The molecule has 1 atom stereocenters. The van der Waals surface area contributed by atoms with E-state index in [2.05, 4.69) is 197 Å². The molecule has 0 spiro atoms. The highest BCUT2D eigenvalue weighted by molar-refractivity contribution is 6.22. The van der Waals surface area contributed by atoms with Crippen molar-refractivity contribution < 1.29 is 0 Å². The number of aromatic nitrogens is 2. The molecule has 0 radical (unpaired) electrons. The fourth-order valence-electron chi connectivity index (χ4n) is 8.35. The molecule has 9 aromatic rings. The zero-order valence-electron chi connectivity index (χ0n) is 27.6. The Bertz CT molecular complexity index is 2790. The fraction of sp³-hybridized carbons (Fsp3) is 0.0417. The molecule has 0 bridgehead atoms. The number of benzene rings is 7. The Balaban J connectivity index is 1.27. The molecule has 0 fully saturated rings. The molecule has 0 saturated heterocycles. The second-order valence-corrected chi connectivity index (χ2v) is 13.2. The van der Waals surface area contributed by atoms with Crippen LogP contribution in [0.1, 0.15) is 17.9 Å². The molecule has 10 rings (SSSR count). The highest BCUT2D eigenvalue weighted by Gasteiger charge is 2.23. The summed E-state index contributed by atoms with van der Waals surface area (Å²) in [4.78, 5) is 0. The lowest BCUT2D eigenvalue weighted by atomic mass is 9.91. The molecule has 0 N–H and O–H groups in total. The lowest BCUT2D eigenvalue weighted by Gasteiger charge is -2.20. The molecule has 2 nitrogen and oxygen atoms in total. The quantitative estimate of drug-likeness (QED) is 0.178. The maximum Gasteiger partial charge on any atom is 0.0547 e. The molecule has 2 heteroatoms. The van der Waals surface area contributed by atoms with Gasteiger partial charge >= 0.3 is 0 Å². The van der Waals surface area contributed by atoms with Gasteiger partial charge in [-0.15, -0.1) is 0 Å². The maximum absolute atomic E-state index is 2.50. The van der Waals surface area contributed by atoms with Crippen LogP contribution >= 0.6 is 0 Å². The zero-order valence-corrected chi connectivity index (χ0v) is 27.6. The number of para-hydroxylation sites is 4. The molecule has 1 aliphatic rings. The molecule has 2 aromatic heterocycles. The Labute approximate surface area is 291 Å². The minimum atomic E-state index is 0.342. The summed E-state index contributed by atoms with van der Waals surface area (Å²) < 4.78 is 4.96. The molecule has 1 aliphatic carbocycles. The van der Waals surface area contributed by atoms with Crippen LogP contribution in [-0.2, 0) is 0 Å². The Kier molecular flexibility index (Phi) is 6.67. The number of hydrogen-bond acceptors (Lipinski definition) is 0. The van der Waals surface area contributed by atoms with Gasteiger partial charge in [-0.2, -0.15) is 0 Å². The number of allylic oxidation sites excluding steroid dienone is 4. The van der Waals surface area contributed by atoms with Gasteiger partial charge in [0, 0.05) is 38.7 Å². The van der Waals surface area contributed by atoms with Gasteiger partial charge in [-0.3, -0.25) is 0 Å². The van der Waals surface area contributed by atoms with E-state index in [0.717, 1.165) is 6.42 Å². The first-order valence-corrected chi connectivity index (χ1v) is 17.5. The van der Waals surface area contributed by atoms with Crippen LogP contribution in [0.5, 0.6) is 0 Å². The third-order valence-corrected chi connectivity index (χ3v) is 10.5. The van der Waals surface area contributed by atoms with Crippen LogP contribution in [0.4, 0.5) is 0 Å². The average Bonchev–Trinajstić information content (AvgIpc) is 3.72. The standard InChI is InChI=1S/C48H34N2/c1-3-17-33(18-4-1)35-21-7-11-27-41(35)49-43-29-13-9-23-39(43)47-37(25-15-31-45(47)49)38-26-16-32-46-48(38)40-24-10-14-30-44(40)50(46)42-28-12-8-22-36(42)34-19-5-2-6-20-34/h1-19,21-32,34H,20H2. The first kappa shape index (κ1) is 28.6. The van der Waals surface area contributed by atoms with Crippen LogP contribution in [0.25, 0.3) is 77.2 Å². The van der Waals surface area contributed by atoms with Crippen LogP contribution in [0, 0.1) is 0 Å². The highest BCUT2D eigenvalue weighted by atomic mass is 15.0. The van der Waals surface area contributed by atoms with Crippen LogP contribution in [0.15, 0.2) is 188 Å². The van der Waals surface area contributed by atoms with Gasteiger partial charge in [-0.25, -0.2) is 0 Å². The lowest BCUT2D eigenvalue weighted by Crippen LogP contribution is -2.04. The monoisotopic (exact) mass is 638 g/mol. The van der Waals surface area contributed by atoms with Crippen molar-refractivity contribution in [3.63, 3.8) is 0 Å². The van der Waals surface area contributed by atoms with E-state index >= 15 is 0 Å². The van der Waals surface area contributed by atoms with Gasteiger partial charge in [-0.1, -0.05) is 152 Å². The van der Waals surface area contributed by atoms with Crippen LogP contribution in [-0.4, -0.2) is 9.13 Å². The van der Waals surface area contributed by atoms with Gasteiger partial charge < -0.3 is 9.13 Å². The summed E-state index contributed by atoms with van der Waals surface area (Å²) in [6, 6.07) is 59.9. The molecule has 0 saturated carbocycles. The molecular weight excluding hydrogens is 605 g/mol. The molecule has 1 unspecified atom stereocenters. The first-order chi connectivity index (χ1) is 24.9. The van der Waals surface area contributed by atoms with E-state index in [0.29, 0.717) is 5.92 Å². The number of nitrogens with zero attached hydrogens (tertiary/aromatic N) is 2. The normalized spacial score (nSPS) is 14.4. The van der Waals surface area contributed by atoms with Gasteiger partial charge in [0.15, 0.2) is 0 Å². The molecule has 2 heterocycles. The zero-order chi connectivity index (χ0) is 33.0. The Morgan fingerprint density at radius 2 is 0.920 bits per heavy atom. The van der Waals surface area contributed by atoms with Crippen LogP contribution in [0.2, 0.25) is 0 Å². The van der Waals surface area contributed by atoms with Crippen molar-refractivity contribution in [2.45, 2.75) is 12.3 Å². The predicted octanol–water partition coefficient (Wildman–Crippen LogP) is 12.8. The van der Waals surface area contributed by atoms with Gasteiger partial charge in [-0.05, 0) is 65.1 Å². The van der Waals surface area contributed by atoms with Crippen molar-refractivity contribution in [3.05, 3.63) is 194 Å². The summed E-state index contributed by atoms with van der Waals surface area (Å²) in [6.45, 7) is 0. The third kappa shape index (κ3) is 4.35. The van der Waals surface area contributed by atoms with E-state index in [9.17, 15) is 0 Å². The second kappa shape index (κ2) is 11.6.